The number of carbonyl (C=O) groups is 1. The summed E-state index contributed by atoms with van der Waals surface area (Å²) in [4.78, 5) is 15.0. The van der Waals surface area contributed by atoms with Gasteiger partial charge in [-0.05, 0) is 5.56 Å². The molecule has 0 saturated heterocycles. The van der Waals surface area contributed by atoms with E-state index in [1.807, 2.05) is 24.3 Å². The van der Waals surface area contributed by atoms with E-state index in [-0.39, 0.29) is 11.9 Å². The van der Waals surface area contributed by atoms with Gasteiger partial charge in [-0.3, -0.25) is 4.79 Å². The third-order valence-electron chi connectivity index (χ3n) is 2.32. The fraction of sp³-hybridized carbons (Fsp3) is 0.273. The molecule has 0 aliphatic carbocycles. The Balaban J connectivity index is 2.30. The van der Waals surface area contributed by atoms with Crippen molar-refractivity contribution >= 4 is 11.9 Å². The van der Waals surface area contributed by atoms with Crippen LogP contribution in [0.25, 0.3) is 0 Å². The molecule has 5 nitrogen and oxygen atoms in total. The lowest BCUT2D eigenvalue weighted by Crippen LogP contribution is -2.15. The lowest BCUT2D eigenvalue weighted by molar-refractivity contribution is -0.122. The molecule has 1 heterocycles. The zero-order valence-corrected chi connectivity index (χ0v) is 8.84. The van der Waals surface area contributed by atoms with Gasteiger partial charge in [-0.15, -0.1) is 0 Å². The molecule has 0 saturated carbocycles. The van der Waals surface area contributed by atoms with E-state index in [1.54, 1.807) is 7.11 Å². The van der Waals surface area contributed by atoms with Crippen molar-refractivity contribution in [3.05, 3.63) is 35.4 Å². The van der Waals surface area contributed by atoms with Crippen molar-refractivity contribution in [1.29, 1.82) is 0 Å². The van der Waals surface area contributed by atoms with Crippen LogP contribution in [0.1, 0.15) is 17.2 Å². The number of aliphatic imine (C=N–C) groups is 1. The van der Waals surface area contributed by atoms with E-state index < -0.39 is 6.10 Å². The number of methoxy groups -OCH3 is 1. The summed E-state index contributed by atoms with van der Waals surface area (Å²) in [5.41, 5.74) is 7.00. The monoisotopic (exact) mass is 220 g/mol. The van der Waals surface area contributed by atoms with Crippen LogP contribution in [0, 0.1) is 0 Å². The number of ether oxygens (including phenoxy) is 2. The molecular weight excluding hydrogens is 208 g/mol. The molecule has 2 N–H and O–H groups in total. The van der Waals surface area contributed by atoms with Crippen LogP contribution in [0.5, 0.6) is 0 Å². The molecule has 2 rings (SSSR count). The van der Waals surface area contributed by atoms with Gasteiger partial charge in [0.2, 0.25) is 6.10 Å². The molecule has 16 heavy (non-hydrogen) atoms. The Morgan fingerprint density at radius 2 is 2.25 bits per heavy atom. The molecule has 0 radical (unpaired) electrons. The van der Waals surface area contributed by atoms with Crippen LogP contribution < -0.4 is 5.73 Å². The summed E-state index contributed by atoms with van der Waals surface area (Å²) in [5.74, 6) is -0.374. The van der Waals surface area contributed by atoms with Gasteiger partial charge in [0.05, 0.1) is 6.61 Å². The Labute approximate surface area is 92.9 Å². The van der Waals surface area contributed by atoms with Crippen LogP contribution in [-0.4, -0.2) is 19.0 Å². The molecular formula is C11H12N2O3. The Hall–Kier alpha value is -1.88. The van der Waals surface area contributed by atoms with Crippen molar-refractivity contribution in [2.24, 2.45) is 10.7 Å². The summed E-state index contributed by atoms with van der Waals surface area (Å²) in [5, 5.41) is 0. The van der Waals surface area contributed by atoms with Gasteiger partial charge in [0.1, 0.15) is 0 Å². The fourth-order valence-corrected chi connectivity index (χ4v) is 1.64. The third kappa shape index (κ3) is 1.90. The minimum absolute atomic E-state index is 0.0813. The largest absolute Gasteiger partial charge is 0.447 e. The van der Waals surface area contributed by atoms with Crippen molar-refractivity contribution in [2.75, 3.05) is 7.11 Å². The maximum absolute atomic E-state index is 11.5. The Bertz CT molecular complexity index is 443. The van der Waals surface area contributed by atoms with Gasteiger partial charge in [-0.25, -0.2) is 0 Å². The highest BCUT2D eigenvalue weighted by atomic mass is 16.5. The van der Waals surface area contributed by atoms with Crippen molar-refractivity contribution in [2.45, 2.75) is 12.7 Å². The number of amidine groups is 1. The summed E-state index contributed by atoms with van der Waals surface area (Å²) in [6.45, 7) is 0.420. The lowest BCUT2D eigenvalue weighted by Gasteiger charge is -2.13. The molecule has 0 spiro atoms. The van der Waals surface area contributed by atoms with Crippen LogP contribution in [-0.2, 0) is 20.9 Å². The van der Waals surface area contributed by atoms with Crippen molar-refractivity contribution in [3.63, 3.8) is 0 Å². The maximum Gasteiger partial charge on any atom is 0.296 e. The predicted octanol–water partition coefficient (Wildman–Crippen LogP) is 0.746. The number of hydrogen-bond donors (Lipinski definition) is 1. The third-order valence-corrected chi connectivity index (χ3v) is 2.32. The highest BCUT2D eigenvalue weighted by Crippen LogP contribution is 2.26. The maximum atomic E-state index is 11.5. The minimum Gasteiger partial charge on any atom is -0.447 e. The van der Waals surface area contributed by atoms with E-state index >= 15 is 0 Å². The molecule has 1 aromatic rings. The zero-order chi connectivity index (χ0) is 11.5. The zero-order valence-electron chi connectivity index (χ0n) is 8.84. The summed E-state index contributed by atoms with van der Waals surface area (Å²) < 4.78 is 10.2. The van der Waals surface area contributed by atoms with Crippen LogP contribution in [0.3, 0.4) is 0 Å². The highest BCUT2D eigenvalue weighted by molar-refractivity contribution is 5.98. The van der Waals surface area contributed by atoms with Crippen LogP contribution in [0.2, 0.25) is 0 Å². The first kappa shape index (κ1) is 10.6. The fourth-order valence-electron chi connectivity index (χ4n) is 1.64. The molecule has 0 fully saturated rings. The number of benzene rings is 1. The lowest BCUT2D eigenvalue weighted by atomic mass is 10.0. The van der Waals surface area contributed by atoms with E-state index in [2.05, 4.69) is 4.99 Å². The standard InChI is InChI=1S/C11H12N2O3/c1-15-6-7-4-2-3-5-8(7)9-10(14)13-11(12)16-9/h2-5,9H,6H2,1H3,(H2,12,13,14). The van der Waals surface area contributed by atoms with E-state index in [0.29, 0.717) is 6.61 Å². The highest BCUT2D eigenvalue weighted by Gasteiger charge is 2.30. The van der Waals surface area contributed by atoms with E-state index in [9.17, 15) is 4.79 Å². The summed E-state index contributed by atoms with van der Waals surface area (Å²) >= 11 is 0. The van der Waals surface area contributed by atoms with Crippen LogP contribution >= 0.6 is 0 Å². The molecule has 1 atom stereocenters. The quantitative estimate of drug-likeness (QED) is 0.815. The number of rotatable bonds is 3. The van der Waals surface area contributed by atoms with Gasteiger partial charge in [0, 0.05) is 12.7 Å². The summed E-state index contributed by atoms with van der Waals surface area (Å²) in [6.07, 6.45) is -0.730. The van der Waals surface area contributed by atoms with Crippen LogP contribution in [0.4, 0.5) is 0 Å². The van der Waals surface area contributed by atoms with Crippen molar-refractivity contribution < 1.29 is 14.3 Å². The Kier molecular flexibility index (Phi) is 2.87. The molecule has 0 aromatic heterocycles. The van der Waals surface area contributed by atoms with Gasteiger partial charge in [0.25, 0.3) is 11.9 Å². The smallest absolute Gasteiger partial charge is 0.296 e. The van der Waals surface area contributed by atoms with Crippen molar-refractivity contribution in [1.82, 2.24) is 0 Å². The summed E-state index contributed by atoms with van der Waals surface area (Å²) in [7, 11) is 1.60. The van der Waals surface area contributed by atoms with Crippen molar-refractivity contribution in [3.8, 4) is 0 Å². The number of nitrogens with zero attached hydrogens (tertiary/aromatic N) is 1. The molecule has 1 aliphatic rings. The minimum atomic E-state index is -0.730. The second-order valence-electron chi connectivity index (χ2n) is 3.42. The van der Waals surface area contributed by atoms with Crippen LogP contribution in [0.15, 0.2) is 29.3 Å². The molecule has 0 bridgehead atoms. The van der Waals surface area contributed by atoms with E-state index in [0.717, 1.165) is 11.1 Å². The molecule has 1 amide bonds. The molecule has 84 valence electrons. The molecule has 1 aromatic carbocycles. The average Bonchev–Trinajstić information content (AvgIpc) is 2.59. The first-order valence-corrected chi connectivity index (χ1v) is 4.84. The number of hydrogen-bond acceptors (Lipinski definition) is 4. The van der Waals surface area contributed by atoms with Gasteiger partial charge in [-0.1, -0.05) is 24.3 Å². The van der Waals surface area contributed by atoms with Gasteiger partial charge in [0.15, 0.2) is 0 Å². The number of amides is 1. The number of nitrogens with two attached hydrogens (primary N) is 1. The first-order chi connectivity index (χ1) is 7.72. The normalized spacial score (nSPS) is 19.4. The SMILES string of the molecule is COCc1ccccc1C1OC(N)=NC1=O. The summed E-state index contributed by atoms with van der Waals surface area (Å²) in [6, 6.07) is 7.32. The Morgan fingerprint density at radius 1 is 1.50 bits per heavy atom. The molecule has 1 unspecified atom stereocenters. The second-order valence-corrected chi connectivity index (χ2v) is 3.42. The van der Waals surface area contributed by atoms with E-state index in [4.69, 9.17) is 15.2 Å². The average molecular weight is 220 g/mol. The molecule has 5 heteroatoms. The first-order valence-electron chi connectivity index (χ1n) is 4.84. The van der Waals surface area contributed by atoms with Gasteiger partial charge < -0.3 is 15.2 Å². The molecule has 1 aliphatic heterocycles. The van der Waals surface area contributed by atoms with E-state index in [1.165, 1.54) is 0 Å². The predicted molar refractivity (Wildman–Crippen MR) is 57.6 cm³/mol. The Morgan fingerprint density at radius 3 is 2.88 bits per heavy atom. The number of carbonyl (C=O) groups excluding carboxylic acids is 1. The van der Waals surface area contributed by atoms with Gasteiger partial charge >= 0.3 is 0 Å². The topological polar surface area (TPSA) is 73.9 Å². The second kappa shape index (κ2) is 4.32. The van der Waals surface area contributed by atoms with Gasteiger partial charge in [-0.2, -0.15) is 4.99 Å².